The third kappa shape index (κ3) is 5.19. The van der Waals surface area contributed by atoms with E-state index in [1.54, 1.807) is 13.8 Å². The Kier molecular flexibility index (Phi) is 5.45. The molecular formula is C10H20O2S. The summed E-state index contributed by atoms with van der Waals surface area (Å²) < 4.78 is -0.637. The maximum atomic E-state index is 10.8. The second kappa shape index (κ2) is 5.53. The number of thioether (sulfide) groups is 1. The maximum absolute atomic E-state index is 10.8. The van der Waals surface area contributed by atoms with E-state index in [0.29, 0.717) is 5.92 Å². The van der Waals surface area contributed by atoms with Gasteiger partial charge in [-0.1, -0.05) is 26.7 Å². The largest absolute Gasteiger partial charge is 0.480 e. The van der Waals surface area contributed by atoms with Crippen LogP contribution in [0.25, 0.3) is 0 Å². The number of aliphatic carboxylic acids is 1. The fourth-order valence-corrected chi connectivity index (χ4v) is 1.98. The topological polar surface area (TPSA) is 37.3 Å². The smallest absolute Gasteiger partial charge is 0.319 e. The van der Waals surface area contributed by atoms with E-state index in [4.69, 9.17) is 5.11 Å². The average Bonchev–Trinajstić information content (AvgIpc) is 2.01. The van der Waals surface area contributed by atoms with Gasteiger partial charge in [0.25, 0.3) is 0 Å². The summed E-state index contributed by atoms with van der Waals surface area (Å²) in [5, 5.41) is 8.86. The van der Waals surface area contributed by atoms with Crippen LogP contribution in [-0.2, 0) is 4.79 Å². The van der Waals surface area contributed by atoms with Crippen molar-refractivity contribution in [3.63, 3.8) is 0 Å². The molecule has 0 aliphatic rings. The number of hydrogen-bond acceptors (Lipinski definition) is 2. The van der Waals surface area contributed by atoms with Crippen molar-refractivity contribution in [3.05, 3.63) is 0 Å². The van der Waals surface area contributed by atoms with Gasteiger partial charge in [0.1, 0.15) is 4.75 Å². The van der Waals surface area contributed by atoms with Crippen LogP contribution in [0.15, 0.2) is 0 Å². The molecule has 0 rings (SSSR count). The van der Waals surface area contributed by atoms with E-state index in [1.165, 1.54) is 24.6 Å². The Balaban J connectivity index is 3.80. The van der Waals surface area contributed by atoms with Crippen LogP contribution in [0.5, 0.6) is 0 Å². The van der Waals surface area contributed by atoms with Crippen molar-refractivity contribution in [2.45, 2.75) is 45.3 Å². The van der Waals surface area contributed by atoms with Crippen LogP contribution in [0.2, 0.25) is 0 Å². The molecule has 0 aliphatic carbocycles. The summed E-state index contributed by atoms with van der Waals surface area (Å²) in [6.07, 6.45) is 2.36. The van der Waals surface area contributed by atoms with E-state index in [2.05, 4.69) is 13.8 Å². The molecular weight excluding hydrogens is 184 g/mol. The Bertz CT molecular complexity index is 166. The van der Waals surface area contributed by atoms with E-state index in [1.807, 2.05) is 0 Å². The summed E-state index contributed by atoms with van der Waals surface area (Å²) in [6, 6.07) is 0. The second-order valence-corrected chi connectivity index (χ2v) is 5.66. The Labute approximate surface area is 85.1 Å². The zero-order chi connectivity index (χ0) is 10.5. The standard InChI is InChI=1S/C10H20O2S/c1-5-6-8(2)7-13-10(3,4)9(11)12/h8H,5-7H2,1-4H3,(H,11,12). The van der Waals surface area contributed by atoms with E-state index in [9.17, 15) is 4.79 Å². The minimum Gasteiger partial charge on any atom is -0.480 e. The summed E-state index contributed by atoms with van der Waals surface area (Å²) in [7, 11) is 0. The van der Waals surface area contributed by atoms with E-state index in [0.717, 1.165) is 5.75 Å². The molecule has 1 atom stereocenters. The summed E-state index contributed by atoms with van der Waals surface area (Å²) in [6.45, 7) is 7.86. The molecule has 1 unspecified atom stereocenters. The first-order valence-corrected chi connectivity index (χ1v) is 5.76. The van der Waals surface area contributed by atoms with Crippen LogP contribution in [0, 0.1) is 5.92 Å². The molecule has 0 spiro atoms. The van der Waals surface area contributed by atoms with Gasteiger partial charge >= 0.3 is 5.97 Å². The van der Waals surface area contributed by atoms with Crippen molar-refractivity contribution < 1.29 is 9.90 Å². The van der Waals surface area contributed by atoms with Gasteiger partial charge in [0, 0.05) is 0 Å². The molecule has 1 N–H and O–H groups in total. The molecule has 0 radical (unpaired) electrons. The van der Waals surface area contributed by atoms with Crippen LogP contribution >= 0.6 is 11.8 Å². The monoisotopic (exact) mass is 204 g/mol. The zero-order valence-electron chi connectivity index (χ0n) is 8.96. The molecule has 0 aromatic rings. The SMILES string of the molecule is CCCC(C)CSC(C)(C)C(=O)O. The van der Waals surface area contributed by atoms with Gasteiger partial charge in [-0.2, -0.15) is 0 Å². The summed E-state index contributed by atoms with van der Waals surface area (Å²) in [4.78, 5) is 10.8. The highest BCUT2D eigenvalue weighted by Crippen LogP contribution is 2.27. The van der Waals surface area contributed by atoms with Crippen molar-refractivity contribution in [2.24, 2.45) is 5.92 Å². The molecule has 0 aromatic heterocycles. The lowest BCUT2D eigenvalue weighted by atomic mass is 10.1. The number of hydrogen-bond donors (Lipinski definition) is 1. The van der Waals surface area contributed by atoms with Gasteiger partial charge in [0.15, 0.2) is 0 Å². The van der Waals surface area contributed by atoms with Gasteiger partial charge in [0.2, 0.25) is 0 Å². The Hall–Kier alpha value is -0.180. The molecule has 13 heavy (non-hydrogen) atoms. The second-order valence-electron chi connectivity index (χ2n) is 4.02. The summed E-state index contributed by atoms with van der Waals surface area (Å²) >= 11 is 1.54. The van der Waals surface area contributed by atoms with Crippen molar-refractivity contribution >= 4 is 17.7 Å². The van der Waals surface area contributed by atoms with Gasteiger partial charge in [-0.3, -0.25) is 4.79 Å². The first-order valence-electron chi connectivity index (χ1n) is 4.77. The highest BCUT2D eigenvalue weighted by atomic mass is 32.2. The first-order chi connectivity index (χ1) is 5.90. The normalized spacial score (nSPS) is 14.2. The van der Waals surface area contributed by atoms with Crippen molar-refractivity contribution in [1.29, 1.82) is 0 Å². The minimum absolute atomic E-state index is 0.619. The van der Waals surface area contributed by atoms with Crippen LogP contribution in [0.1, 0.15) is 40.5 Å². The predicted molar refractivity (Wildman–Crippen MR) is 58.2 cm³/mol. The molecule has 0 aromatic carbocycles. The van der Waals surface area contributed by atoms with Crippen LogP contribution < -0.4 is 0 Å². The molecule has 3 heteroatoms. The Morgan fingerprint density at radius 2 is 2.08 bits per heavy atom. The maximum Gasteiger partial charge on any atom is 0.319 e. The highest BCUT2D eigenvalue weighted by molar-refractivity contribution is 8.01. The molecule has 0 bridgehead atoms. The quantitative estimate of drug-likeness (QED) is 0.722. The number of carboxylic acids is 1. The van der Waals surface area contributed by atoms with E-state index < -0.39 is 10.7 Å². The Morgan fingerprint density at radius 3 is 2.46 bits per heavy atom. The molecule has 0 fully saturated rings. The van der Waals surface area contributed by atoms with Gasteiger partial charge in [-0.15, -0.1) is 11.8 Å². The average molecular weight is 204 g/mol. The fourth-order valence-electron chi connectivity index (χ4n) is 0.988. The van der Waals surface area contributed by atoms with Crippen molar-refractivity contribution in [2.75, 3.05) is 5.75 Å². The zero-order valence-corrected chi connectivity index (χ0v) is 9.78. The molecule has 2 nitrogen and oxygen atoms in total. The summed E-state index contributed by atoms with van der Waals surface area (Å²) in [5.74, 6) is 0.836. The van der Waals surface area contributed by atoms with Gasteiger partial charge < -0.3 is 5.11 Å². The molecule has 0 saturated carbocycles. The van der Waals surface area contributed by atoms with Crippen molar-refractivity contribution in [1.82, 2.24) is 0 Å². The van der Waals surface area contributed by atoms with Crippen molar-refractivity contribution in [3.8, 4) is 0 Å². The first kappa shape index (κ1) is 12.8. The van der Waals surface area contributed by atoms with Gasteiger partial charge in [-0.05, 0) is 25.5 Å². The Morgan fingerprint density at radius 1 is 1.54 bits per heavy atom. The van der Waals surface area contributed by atoms with Crippen LogP contribution in [-0.4, -0.2) is 21.6 Å². The number of carbonyl (C=O) groups is 1. The number of carboxylic acid groups (broad SMARTS) is 1. The molecule has 0 heterocycles. The molecule has 78 valence electrons. The van der Waals surface area contributed by atoms with Gasteiger partial charge in [-0.25, -0.2) is 0 Å². The highest BCUT2D eigenvalue weighted by Gasteiger charge is 2.27. The lowest BCUT2D eigenvalue weighted by Crippen LogP contribution is -2.28. The minimum atomic E-state index is -0.721. The lowest BCUT2D eigenvalue weighted by molar-refractivity contribution is -0.138. The third-order valence-corrected chi connectivity index (χ3v) is 3.66. The fraction of sp³-hybridized carbons (Fsp3) is 0.900. The van der Waals surface area contributed by atoms with Crippen LogP contribution in [0.3, 0.4) is 0 Å². The van der Waals surface area contributed by atoms with Crippen LogP contribution in [0.4, 0.5) is 0 Å². The van der Waals surface area contributed by atoms with E-state index in [-0.39, 0.29) is 0 Å². The molecule has 0 saturated heterocycles. The lowest BCUT2D eigenvalue weighted by Gasteiger charge is -2.20. The number of rotatable bonds is 6. The van der Waals surface area contributed by atoms with Gasteiger partial charge in [0.05, 0.1) is 0 Å². The molecule has 0 aliphatic heterocycles. The van der Waals surface area contributed by atoms with E-state index >= 15 is 0 Å². The molecule has 0 amide bonds. The third-order valence-electron chi connectivity index (χ3n) is 2.03. The summed E-state index contributed by atoms with van der Waals surface area (Å²) in [5.41, 5.74) is 0. The predicted octanol–water partition coefficient (Wildman–Crippen LogP) is 3.02.